The van der Waals surface area contributed by atoms with Crippen LogP contribution >= 0.6 is 11.3 Å². The molecule has 1 atom stereocenters. The first-order valence-electron chi connectivity index (χ1n) is 8.73. The predicted octanol–water partition coefficient (Wildman–Crippen LogP) is 2.80. The van der Waals surface area contributed by atoms with E-state index in [1.54, 1.807) is 17.5 Å². The average molecular weight is 365 g/mol. The topological polar surface area (TPSA) is 67.9 Å². The van der Waals surface area contributed by atoms with Crippen LogP contribution in [-0.2, 0) is 19.6 Å². The Morgan fingerprint density at radius 3 is 3.08 bits per heavy atom. The summed E-state index contributed by atoms with van der Waals surface area (Å²) in [6, 6.07) is 12.4. The highest BCUT2D eigenvalue weighted by atomic mass is 32.1. The number of aliphatic hydroxyl groups excluding tert-OH is 1. The molecule has 0 saturated heterocycles. The molecule has 1 aliphatic rings. The number of imidazole rings is 1. The molecule has 0 spiro atoms. The highest BCUT2D eigenvalue weighted by Crippen LogP contribution is 2.31. The second-order valence-corrected chi connectivity index (χ2v) is 7.64. The SMILES string of the molecule is OC(Cn1ccnc1-c1cc2n(n1)CCNC2)c1cc2ccccc2s1. The molecule has 4 heterocycles. The van der Waals surface area contributed by atoms with Crippen molar-refractivity contribution in [2.75, 3.05) is 6.54 Å². The van der Waals surface area contributed by atoms with Gasteiger partial charge >= 0.3 is 0 Å². The lowest BCUT2D eigenvalue weighted by molar-refractivity contribution is 0.161. The molecule has 4 aromatic rings. The zero-order chi connectivity index (χ0) is 17.5. The van der Waals surface area contributed by atoms with E-state index < -0.39 is 6.10 Å². The van der Waals surface area contributed by atoms with Gasteiger partial charge in [-0.2, -0.15) is 5.10 Å². The minimum atomic E-state index is -0.570. The van der Waals surface area contributed by atoms with Gasteiger partial charge in [-0.3, -0.25) is 4.68 Å². The Labute approximate surface area is 154 Å². The van der Waals surface area contributed by atoms with E-state index in [9.17, 15) is 5.11 Å². The second kappa shape index (κ2) is 6.35. The molecule has 0 saturated carbocycles. The van der Waals surface area contributed by atoms with Crippen molar-refractivity contribution in [1.82, 2.24) is 24.6 Å². The van der Waals surface area contributed by atoms with Crippen molar-refractivity contribution >= 4 is 21.4 Å². The van der Waals surface area contributed by atoms with Crippen molar-refractivity contribution < 1.29 is 5.11 Å². The van der Waals surface area contributed by atoms with Crippen LogP contribution in [0.4, 0.5) is 0 Å². The number of nitrogens with zero attached hydrogens (tertiary/aromatic N) is 4. The van der Waals surface area contributed by atoms with Gasteiger partial charge in [0.2, 0.25) is 0 Å². The van der Waals surface area contributed by atoms with E-state index in [-0.39, 0.29) is 0 Å². The molecular formula is C19H19N5OS. The first-order valence-corrected chi connectivity index (χ1v) is 9.55. The Bertz CT molecular complexity index is 1010. The molecule has 7 heteroatoms. The van der Waals surface area contributed by atoms with Crippen molar-refractivity contribution in [3.8, 4) is 11.5 Å². The molecule has 2 N–H and O–H groups in total. The molecule has 3 aromatic heterocycles. The highest BCUT2D eigenvalue weighted by Gasteiger charge is 2.18. The lowest BCUT2D eigenvalue weighted by atomic mass is 10.2. The van der Waals surface area contributed by atoms with E-state index in [0.29, 0.717) is 6.54 Å². The molecule has 0 bridgehead atoms. The molecule has 0 aliphatic carbocycles. The van der Waals surface area contributed by atoms with Gasteiger partial charge < -0.3 is 15.0 Å². The van der Waals surface area contributed by atoms with Gasteiger partial charge in [-0.25, -0.2) is 4.98 Å². The van der Waals surface area contributed by atoms with E-state index in [4.69, 9.17) is 0 Å². The lowest BCUT2D eigenvalue weighted by Gasteiger charge is -2.13. The number of rotatable bonds is 4. The summed E-state index contributed by atoms with van der Waals surface area (Å²) in [5, 5.41) is 20.0. The minimum absolute atomic E-state index is 0.461. The molecule has 132 valence electrons. The van der Waals surface area contributed by atoms with E-state index in [0.717, 1.165) is 36.0 Å². The minimum Gasteiger partial charge on any atom is -0.386 e. The Kier molecular flexibility index (Phi) is 3.85. The van der Waals surface area contributed by atoms with Gasteiger partial charge in [0.25, 0.3) is 0 Å². The van der Waals surface area contributed by atoms with Gasteiger partial charge in [-0.05, 0) is 23.6 Å². The maximum Gasteiger partial charge on any atom is 0.160 e. The Hall–Kier alpha value is -2.48. The average Bonchev–Trinajstić information content (AvgIpc) is 3.38. The van der Waals surface area contributed by atoms with Gasteiger partial charge in [0.05, 0.1) is 18.8 Å². The van der Waals surface area contributed by atoms with Crippen molar-refractivity contribution in [2.45, 2.75) is 25.7 Å². The third kappa shape index (κ3) is 2.74. The Morgan fingerprint density at radius 2 is 2.19 bits per heavy atom. The quantitative estimate of drug-likeness (QED) is 0.584. The number of fused-ring (bicyclic) bond motifs is 2. The van der Waals surface area contributed by atoms with Crippen molar-refractivity contribution in [1.29, 1.82) is 0 Å². The number of nitrogens with one attached hydrogen (secondary N) is 1. The van der Waals surface area contributed by atoms with Crippen LogP contribution in [-0.4, -0.2) is 31.0 Å². The van der Waals surface area contributed by atoms with Gasteiger partial charge in [-0.1, -0.05) is 18.2 Å². The van der Waals surface area contributed by atoms with E-state index >= 15 is 0 Å². The molecule has 1 unspecified atom stereocenters. The number of thiophene rings is 1. The lowest BCUT2D eigenvalue weighted by Crippen LogP contribution is -2.28. The summed E-state index contributed by atoms with van der Waals surface area (Å²) in [4.78, 5) is 5.45. The van der Waals surface area contributed by atoms with Crippen molar-refractivity contribution in [2.24, 2.45) is 0 Å². The normalized spacial score (nSPS) is 15.3. The van der Waals surface area contributed by atoms with Gasteiger partial charge in [0.15, 0.2) is 5.82 Å². The van der Waals surface area contributed by atoms with Crippen LogP contribution in [0.1, 0.15) is 16.7 Å². The molecular weight excluding hydrogens is 346 g/mol. The number of aromatic nitrogens is 4. The van der Waals surface area contributed by atoms with Crippen LogP contribution in [0.2, 0.25) is 0 Å². The molecule has 1 aromatic carbocycles. The smallest absolute Gasteiger partial charge is 0.160 e. The van der Waals surface area contributed by atoms with E-state index in [1.807, 2.05) is 27.6 Å². The summed E-state index contributed by atoms with van der Waals surface area (Å²) in [6.45, 7) is 3.11. The van der Waals surface area contributed by atoms with Crippen LogP contribution in [0, 0.1) is 0 Å². The number of hydrogen-bond acceptors (Lipinski definition) is 5. The first kappa shape index (κ1) is 15.7. The maximum atomic E-state index is 10.8. The van der Waals surface area contributed by atoms with Crippen LogP contribution in [0.3, 0.4) is 0 Å². The molecule has 6 nitrogen and oxygen atoms in total. The fraction of sp³-hybridized carbons (Fsp3) is 0.263. The van der Waals surface area contributed by atoms with Crippen LogP contribution in [0.15, 0.2) is 48.8 Å². The molecule has 0 radical (unpaired) electrons. The molecule has 26 heavy (non-hydrogen) atoms. The van der Waals surface area contributed by atoms with Crippen LogP contribution in [0.5, 0.6) is 0 Å². The predicted molar refractivity (Wildman–Crippen MR) is 102 cm³/mol. The summed E-state index contributed by atoms with van der Waals surface area (Å²) in [5.41, 5.74) is 2.03. The summed E-state index contributed by atoms with van der Waals surface area (Å²) in [5.74, 6) is 0.798. The van der Waals surface area contributed by atoms with Gasteiger partial charge in [0, 0.05) is 35.1 Å². The Morgan fingerprint density at radius 1 is 1.27 bits per heavy atom. The standard InChI is InChI=1S/C19H19N5OS/c25-16(18-9-13-3-1-2-4-17(13)26-18)12-23-7-6-21-19(23)15-10-14-11-20-5-8-24(14)22-15/h1-4,6-7,9-10,16,20,25H,5,8,11-12H2. The Balaban J connectivity index is 1.43. The third-order valence-electron chi connectivity index (χ3n) is 4.76. The van der Waals surface area contributed by atoms with Crippen molar-refractivity contribution in [3.63, 3.8) is 0 Å². The van der Waals surface area contributed by atoms with Gasteiger partial charge in [0.1, 0.15) is 11.8 Å². The summed E-state index contributed by atoms with van der Waals surface area (Å²) < 4.78 is 5.21. The van der Waals surface area contributed by atoms with E-state index in [1.165, 1.54) is 15.8 Å². The van der Waals surface area contributed by atoms with Crippen molar-refractivity contribution in [3.05, 3.63) is 59.4 Å². The largest absolute Gasteiger partial charge is 0.386 e. The fourth-order valence-corrected chi connectivity index (χ4v) is 4.48. The zero-order valence-corrected chi connectivity index (χ0v) is 15.0. The number of benzene rings is 1. The van der Waals surface area contributed by atoms with Crippen LogP contribution in [0.25, 0.3) is 21.6 Å². The first-order chi connectivity index (χ1) is 12.8. The fourth-order valence-electron chi connectivity index (χ4n) is 3.43. The molecule has 0 amide bonds. The number of aliphatic hydroxyl groups is 1. The van der Waals surface area contributed by atoms with E-state index in [2.05, 4.69) is 39.7 Å². The highest BCUT2D eigenvalue weighted by molar-refractivity contribution is 7.19. The zero-order valence-electron chi connectivity index (χ0n) is 14.2. The molecule has 0 fully saturated rings. The van der Waals surface area contributed by atoms with Crippen LogP contribution < -0.4 is 5.32 Å². The molecule has 1 aliphatic heterocycles. The molecule has 5 rings (SSSR count). The summed E-state index contributed by atoms with van der Waals surface area (Å²) >= 11 is 1.64. The summed E-state index contributed by atoms with van der Waals surface area (Å²) in [6.07, 6.45) is 3.10. The maximum absolute atomic E-state index is 10.8. The monoisotopic (exact) mass is 365 g/mol. The summed E-state index contributed by atoms with van der Waals surface area (Å²) in [7, 11) is 0. The van der Waals surface area contributed by atoms with Gasteiger partial charge in [-0.15, -0.1) is 11.3 Å². The third-order valence-corrected chi connectivity index (χ3v) is 5.97. The second-order valence-electron chi connectivity index (χ2n) is 6.53. The number of hydrogen-bond donors (Lipinski definition) is 2.